The van der Waals surface area contributed by atoms with Crippen LogP contribution in [0.3, 0.4) is 0 Å². The molecule has 0 spiro atoms. The van der Waals surface area contributed by atoms with Crippen LogP contribution in [-0.4, -0.2) is 16.4 Å². The van der Waals surface area contributed by atoms with Gasteiger partial charge in [-0.25, -0.2) is 0 Å². The van der Waals surface area contributed by atoms with Crippen LogP contribution in [0.2, 0.25) is 0 Å². The number of rotatable bonds is 2. The lowest BCUT2D eigenvalue weighted by Gasteiger charge is -1.99. The second-order valence-corrected chi connectivity index (χ2v) is 3.34. The van der Waals surface area contributed by atoms with E-state index < -0.39 is 0 Å². The van der Waals surface area contributed by atoms with Crippen molar-refractivity contribution in [2.45, 2.75) is 0 Å². The summed E-state index contributed by atoms with van der Waals surface area (Å²) in [6, 6.07) is 13.8. The molecule has 2 N–H and O–H groups in total. The molecule has 0 aliphatic heterocycles. The molecule has 3 nitrogen and oxygen atoms in total. The summed E-state index contributed by atoms with van der Waals surface area (Å²) in [4.78, 5) is 4.20. The second kappa shape index (κ2) is 4.49. The minimum Gasteiger partial charge on any atom is -0.508 e. The van der Waals surface area contributed by atoms with Gasteiger partial charge in [0.15, 0.2) is 0 Å². The highest BCUT2D eigenvalue weighted by atomic mass is 16.3. The van der Waals surface area contributed by atoms with Gasteiger partial charge in [0, 0.05) is 17.8 Å². The molecule has 80 valence electrons. The predicted octanol–water partition coefficient (Wildman–Crippen LogP) is 2.85. The van der Waals surface area contributed by atoms with Crippen LogP contribution in [0.1, 0.15) is 5.56 Å². The Bertz CT molecular complexity index is 507. The highest BCUT2D eigenvalue weighted by molar-refractivity contribution is 5.85. The van der Waals surface area contributed by atoms with Crippen LogP contribution in [0.15, 0.2) is 53.5 Å². The van der Waals surface area contributed by atoms with E-state index in [-0.39, 0.29) is 11.5 Å². The van der Waals surface area contributed by atoms with E-state index >= 15 is 0 Å². The topological polar surface area (TPSA) is 52.8 Å². The van der Waals surface area contributed by atoms with Gasteiger partial charge in [-0.15, -0.1) is 0 Å². The highest BCUT2D eigenvalue weighted by Crippen LogP contribution is 2.21. The van der Waals surface area contributed by atoms with E-state index in [1.54, 1.807) is 12.3 Å². The van der Waals surface area contributed by atoms with Gasteiger partial charge in [-0.2, -0.15) is 0 Å². The molecule has 0 heterocycles. The Labute approximate surface area is 93.3 Å². The molecule has 0 atom stereocenters. The van der Waals surface area contributed by atoms with Crippen LogP contribution < -0.4 is 0 Å². The third-order valence-electron chi connectivity index (χ3n) is 2.12. The molecular weight excluding hydrogens is 202 g/mol. The fraction of sp³-hybridized carbons (Fsp3) is 0. The van der Waals surface area contributed by atoms with Gasteiger partial charge in [0.05, 0.1) is 5.69 Å². The molecule has 2 aromatic carbocycles. The minimum atomic E-state index is 0.0136. The first kappa shape index (κ1) is 10.2. The first-order valence-corrected chi connectivity index (χ1v) is 4.87. The van der Waals surface area contributed by atoms with Gasteiger partial charge in [0.1, 0.15) is 11.5 Å². The summed E-state index contributed by atoms with van der Waals surface area (Å²) in [6.07, 6.45) is 1.56. The third kappa shape index (κ3) is 2.39. The van der Waals surface area contributed by atoms with E-state index in [9.17, 15) is 5.11 Å². The van der Waals surface area contributed by atoms with Gasteiger partial charge in [-0.3, -0.25) is 4.99 Å². The molecule has 0 unspecified atom stereocenters. The summed E-state index contributed by atoms with van der Waals surface area (Å²) >= 11 is 0. The molecule has 0 aliphatic carbocycles. The fourth-order valence-electron chi connectivity index (χ4n) is 1.30. The highest BCUT2D eigenvalue weighted by Gasteiger charge is 1.98. The van der Waals surface area contributed by atoms with Crippen molar-refractivity contribution in [3.63, 3.8) is 0 Å². The molecule has 2 rings (SSSR count). The summed E-state index contributed by atoms with van der Waals surface area (Å²) in [7, 11) is 0. The monoisotopic (exact) mass is 213 g/mol. The molecule has 0 fully saturated rings. The molecule has 0 aromatic heterocycles. The third-order valence-corrected chi connectivity index (χ3v) is 2.12. The molecule has 3 heteroatoms. The van der Waals surface area contributed by atoms with E-state index in [1.165, 1.54) is 12.1 Å². The Kier molecular flexibility index (Phi) is 2.87. The van der Waals surface area contributed by atoms with Gasteiger partial charge in [-0.05, 0) is 24.3 Å². The van der Waals surface area contributed by atoms with Crippen molar-refractivity contribution in [1.82, 2.24) is 0 Å². The zero-order chi connectivity index (χ0) is 11.4. The average Bonchev–Trinajstić information content (AvgIpc) is 2.29. The van der Waals surface area contributed by atoms with E-state index in [2.05, 4.69) is 4.99 Å². The smallest absolute Gasteiger partial charge is 0.128 e. The summed E-state index contributed by atoms with van der Waals surface area (Å²) < 4.78 is 0. The van der Waals surface area contributed by atoms with Crippen LogP contribution in [0.5, 0.6) is 11.5 Å². The average molecular weight is 213 g/mol. The summed E-state index contributed by atoms with van der Waals surface area (Å²) in [5.41, 5.74) is 1.39. The summed E-state index contributed by atoms with van der Waals surface area (Å²) in [5.74, 6) is 0.0500. The molecule has 0 radical (unpaired) electrons. The Morgan fingerprint density at radius 3 is 2.38 bits per heavy atom. The van der Waals surface area contributed by atoms with E-state index in [4.69, 9.17) is 5.11 Å². The first-order chi connectivity index (χ1) is 7.75. The molecule has 16 heavy (non-hydrogen) atoms. The molecule has 0 aliphatic rings. The molecule has 0 bridgehead atoms. The number of benzene rings is 2. The van der Waals surface area contributed by atoms with Gasteiger partial charge in [0.2, 0.25) is 0 Å². The number of para-hydroxylation sites is 1. The lowest BCUT2D eigenvalue weighted by Crippen LogP contribution is -1.81. The maximum atomic E-state index is 9.52. The standard InChI is InChI=1S/C13H11NO2/c15-12-7-6-10(13(16)8-12)9-14-11-4-2-1-3-5-11/h1-9,15-16H. The summed E-state index contributed by atoms with van der Waals surface area (Å²) in [5, 5.41) is 18.6. The predicted molar refractivity (Wildman–Crippen MR) is 63.5 cm³/mol. The van der Waals surface area contributed by atoms with Crippen LogP contribution in [0.25, 0.3) is 0 Å². The van der Waals surface area contributed by atoms with Crippen molar-refractivity contribution in [3.8, 4) is 11.5 Å². The second-order valence-electron chi connectivity index (χ2n) is 3.34. The van der Waals surface area contributed by atoms with E-state index in [0.29, 0.717) is 5.56 Å². The Morgan fingerprint density at radius 1 is 0.938 bits per heavy atom. The molecule has 2 aromatic rings. The van der Waals surface area contributed by atoms with Crippen LogP contribution in [0.4, 0.5) is 5.69 Å². The minimum absolute atomic E-state index is 0.0136. The van der Waals surface area contributed by atoms with Crippen LogP contribution in [0, 0.1) is 0 Å². The van der Waals surface area contributed by atoms with E-state index in [1.807, 2.05) is 30.3 Å². The largest absolute Gasteiger partial charge is 0.508 e. The fourth-order valence-corrected chi connectivity index (χ4v) is 1.30. The van der Waals surface area contributed by atoms with E-state index in [0.717, 1.165) is 5.69 Å². The van der Waals surface area contributed by atoms with Crippen molar-refractivity contribution in [2.24, 2.45) is 4.99 Å². The zero-order valence-electron chi connectivity index (χ0n) is 8.54. The number of aromatic hydroxyl groups is 2. The summed E-state index contributed by atoms with van der Waals surface area (Å²) in [6.45, 7) is 0. The number of hydrogen-bond donors (Lipinski definition) is 2. The van der Waals surface area contributed by atoms with Gasteiger partial charge < -0.3 is 10.2 Å². The van der Waals surface area contributed by atoms with Crippen molar-refractivity contribution in [2.75, 3.05) is 0 Å². The van der Waals surface area contributed by atoms with Crippen LogP contribution in [-0.2, 0) is 0 Å². The lowest BCUT2D eigenvalue weighted by atomic mass is 10.2. The quantitative estimate of drug-likeness (QED) is 0.753. The zero-order valence-corrected chi connectivity index (χ0v) is 8.54. The van der Waals surface area contributed by atoms with Crippen molar-refractivity contribution in [1.29, 1.82) is 0 Å². The SMILES string of the molecule is Oc1ccc(C=Nc2ccccc2)c(O)c1. The van der Waals surface area contributed by atoms with Crippen LogP contribution >= 0.6 is 0 Å². The van der Waals surface area contributed by atoms with Gasteiger partial charge in [0.25, 0.3) is 0 Å². The Morgan fingerprint density at radius 2 is 1.69 bits per heavy atom. The molecular formula is C13H11NO2. The number of phenols is 2. The molecule has 0 amide bonds. The Balaban J connectivity index is 2.24. The van der Waals surface area contributed by atoms with Gasteiger partial charge in [-0.1, -0.05) is 18.2 Å². The number of aliphatic imine (C=N–C) groups is 1. The number of nitrogens with zero attached hydrogens (tertiary/aromatic N) is 1. The van der Waals surface area contributed by atoms with Crippen molar-refractivity contribution >= 4 is 11.9 Å². The lowest BCUT2D eigenvalue weighted by molar-refractivity contribution is 0.450. The van der Waals surface area contributed by atoms with Crippen molar-refractivity contribution in [3.05, 3.63) is 54.1 Å². The molecule has 0 saturated carbocycles. The number of phenolic OH excluding ortho intramolecular Hbond substituents is 2. The van der Waals surface area contributed by atoms with Crippen molar-refractivity contribution < 1.29 is 10.2 Å². The van der Waals surface area contributed by atoms with Gasteiger partial charge >= 0.3 is 0 Å². The Hall–Kier alpha value is -2.29. The normalized spacial score (nSPS) is 10.8. The molecule has 0 saturated heterocycles. The first-order valence-electron chi connectivity index (χ1n) is 4.87. The maximum Gasteiger partial charge on any atom is 0.128 e. The maximum absolute atomic E-state index is 9.52. The number of hydrogen-bond acceptors (Lipinski definition) is 3.